The van der Waals surface area contributed by atoms with Crippen LogP contribution in [0.15, 0.2) is 21.1 Å². The van der Waals surface area contributed by atoms with Crippen molar-refractivity contribution in [2.45, 2.75) is 27.7 Å². The van der Waals surface area contributed by atoms with Crippen LogP contribution in [0.2, 0.25) is 0 Å². The SMILES string of the molecule is CC1(C)[C@H](C=C(Cl)Cl)[C@@H]1C(=O)N1CCN(C(=O)[C@H]2[C@H](C=C(Cl)Cl)C2(C)C)CC1. The Labute approximate surface area is 186 Å². The van der Waals surface area contributed by atoms with Crippen LogP contribution < -0.4 is 0 Å². The van der Waals surface area contributed by atoms with Crippen LogP contribution >= 0.6 is 46.4 Å². The van der Waals surface area contributed by atoms with E-state index in [9.17, 15) is 9.59 Å². The van der Waals surface area contributed by atoms with Crippen LogP contribution in [0, 0.1) is 34.5 Å². The van der Waals surface area contributed by atoms with E-state index < -0.39 is 0 Å². The topological polar surface area (TPSA) is 40.6 Å². The molecule has 1 heterocycles. The minimum absolute atomic E-state index is 0.0600. The third-order valence-electron chi connectivity index (χ3n) is 6.87. The van der Waals surface area contributed by atoms with Gasteiger partial charge in [-0.25, -0.2) is 0 Å². The van der Waals surface area contributed by atoms with Gasteiger partial charge in [0, 0.05) is 26.2 Å². The second kappa shape index (κ2) is 7.68. The molecule has 0 aromatic carbocycles. The van der Waals surface area contributed by atoms with Gasteiger partial charge in [0.25, 0.3) is 0 Å². The molecule has 0 spiro atoms. The summed E-state index contributed by atoms with van der Waals surface area (Å²) in [4.78, 5) is 29.6. The smallest absolute Gasteiger partial charge is 0.226 e. The lowest BCUT2D eigenvalue weighted by Crippen LogP contribution is -2.52. The Hall–Kier alpha value is -0.420. The molecule has 8 heteroatoms. The van der Waals surface area contributed by atoms with E-state index in [0.29, 0.717) is 26.2 Å². The van der Waals surface area contributed by atoms with Crippen LogP contribution in [0.3, 0.4) is 0 Å². The fourth-order valence-corrected chi connectivity index (χ4v) is 5.28. The molecular formula is C20H26Cl4N2O2. The van der Waals surface area contributed by atoms with E-state index in [1.54, 1.807) is 12.2 Å². The van der Waals surface area contributed by atoms with Crippen molar-refractivity contribution in [1.82, 2.24) is 9.80 Å². The highest BCUT2D eigenvalue weighted by Crippen LogP contribution is 2.61. The zero-order chi connectivity index (χ0) is 21.0. The number of amides is 2. The van der Waals surface area contributed by atoms with E-state index in [0.717, 1.165) is 0 Å². The summed E-state index contributed by atoms with van der Waals surface area (Å²) in [7, 11) is 0. The number of allylic oxidation sites excluding steroid dienone is 2. The quantitative estimate of drug-likeness (QED) is 0.593. The van der Waals surface area contributed by atoms with Gasteiger partial charge >= 0.3 is 0 Å². The standard InChI is InChI=1S/C20H26Cl4N2O2/c1-19(2)11(9-13(21)22)15(19)17(27)25-5-7-26(8-6-25)18(28)16-12(10-14(23)24)20(16,3)4/h9-12,15-16H,5-8H2,1-4H3/t11-,12+,15-,16-/m1/s1. The van der Waals surface area contributed by atoms with Crippen LogP contribution in [-0.4, -0.2) is 47.8 Å². The maximum absolute atomic E-state index is 12.9. The van der Waals surface area contributed by atoms with Crippen LogP contribution in [0.1, 0.15) is 27.7 Å². The lowest BCUT2D eigenvalue weighted by molar-refractivity contribution is -0.142. The zero-order valence-corrected chi connectivity index (χ0v) is 19.5. The summed E-state index contributed by atoms with van der Waals surface area (Å²) in [6.07, 6.45) is 3.52. The van der Waals surface area contributed by atoms with Gasteiger partial charge in [0.15, 0.2) is 0 Å². The molecule has 0 aromatic rings. The van der Waals surface area contributed by atoms with Crippen LogP contribution in [-0.2, 0) is 9.59 Å². The lowest BCUT2D eigenvalue weighted by atomic mass is 10.1. The Morgan fingerprint density at radius 2 is 1.00 bits per heavy atom. The summed E-state index contributed by atoms with van der Waals surface area (Å²) in [5, 5.41) is 0. The van der Waals surface area contributed by atoms with Gasteiger partial charge in [0.1, 0.15) is 8.98 Å². The highest BCUT2D eigenvalue weighted by Gasteiger charge is 2.63. The molecule has 2 aliphatic carbocycles. The number of carbonyl (C=O) groups excluding carboxylic acids is 2. The van der Waals surface area contributed by atoms with E-state index >= 15 is 0 Å². The van der Waals surface area contributed by atoms with Gasteiger partial charge in [-0.05, 0) is 34.8 Å². The highest BCUT2D eigenvalue weighted by atomic mass is 35.5. The van der Waals surface area contributed by atoms with Gasteiger partial charge in [-0.3, -0.25) is 9.59 Å². The second-order valence-corrected chi connectivity index (χ2v) is 11.2. The fraction of sp³-hybridized carbons (Fsp3) is 0.700. The molecular weight excluding hydrogens is 442 g/mol. The predicted octanol–water partition coefficient (Wildman–Crippen LogP) is 4.84. The highest BCUT2D eigenvalue weighted by molar-refractivity contribution is 6.56. The van der Waals surface area contributed by atoms with Crippen molar-refractivity contribution < 1.29 is 9.59 Å². The molecule has 156 valence electrons. The molecule has 1 aliphatic heterocycles. The van der Waals surface area contributed by atoms with Crippen molar-refractivity contribution in [2.24, 2.45) is 34.5 Å². The number of hydrogen-bond donors (Lipinski definition) is 0. The third-order valence-corrected chi connectivity index (χ3v) is 7.37. The molecule has 0 aromatic heterocycles. The summed E-state index contributed by atoms with van der Waals surface area (Å²) in [6, 6.07) is 0. The van der Waals surface area contributed by atoms with Gasteiger partial charge in [-0.15, -0.1) is 0 Å². The number of carbonyl (C=O) groups is 2. The number of halogens is 4. The predicted molar refractivity (Wildman–Crippen MR) is 114 cm³/mol. The summed E-state index contributed by atoms with van der Waals surface area (Å²) < 4.78 is 0.410. The van der Waals surface area contributed by atoms with E-state index in [4.69, 9.17) is 46.4 Å². The van der Waals surface area contributed by atoms with Gasteiger partial charge in [-0.1, -0.05) is 74.1 Å². The minimum atomic E-state index is -0.141. The minimum Gasteiger partial charge on any atom is -0.339 e. The molecule has 2 amide bonds. The Kier molecular flexibility index (Phi) is 6.11. The first-order valence-corrected chi connectivity index (χ1v) is 11.0. The molecule has 2 saturated carbocycles. The van der Waals surface area contributed by atoms with Crippen molar-refractivity contribution in [2.75, 3.05) is 26.2 Å². The monoisotopic (exact) mass is 466 g/mol. The third kappa shape index (κ3) is 4.08. The molecule has 28 heavy (non-hydrogen) atoms. The maximum atomic E-state index is 12.9. The summed E-state index contributed by atoms with van der Waals surface area (Å²) in [5.74, 6) is 0.147. The first kappa shape index (κ1) is 22.3. The van der Waals surface area contributed by atoms with Crippen molar-refractivity contribution in [1.29, 1.82) is 0 Å². The molecule has 3 rings (SSSR count). The molecule has 0 radical (unpaired) electrons. The average Bonchev–Trinajstić information content (AvgIpc) is 3.33. The molecule has 1 saturated heterocycles. The average molecular weight is 468 g/mol. The number of nitrogens with zero attached hydrogens (tertiary/aromatic N) is 2. The summed E-state index contributed by atoms with van der Waals surface area (Å²) in [5.41, 5.74) is -0.283. The molecule has 4 nitrogen and oxygen atoms in total. The molecule has 0 N–H and O–H groups in total. The largest absolute Gasteiger partial charge is 0.339 e. The maximum Gasteiger partial charge on any atom is 0.226 e. The fourth-order valence-electron chi connectivity index (χ4n) is 4.73. The first-order valence-electron chi connectivity index (χ1n) is 9.52. The molecule has 3 aliphatic rings. The van der Waals surface area contributed by atoms with Crippen molar-refractivity contribution in [3.05, 3.63) is 21.1 Å². The van der Waals surface area contributed by atoms with Crippen molar-refractivity contribution in [3.63, 3.8) is 0 Å². The van der Waals surface area contributed by atoms with E-state index in [-0.39, 0.29) is 55.3 Å². The second-order valence-electron chi connectivity index (χ2n) is 9.21. The summed E-state index contributed by atoms with van der Waals surface area (Å²) in [6.45, 7) is 10.4. The van der Waals surface area contributed by atoms with Gasteiger partial charge < -0.3 is 9.80 Å². The molecule has 3 fully saturated rings. The van der Waals surface area contributed by atoms with Crippen molar-refractivity contribution >= 4 is 58.2 Å². The number of piperazine rings is 1. The van der Waals surface area contributed by atoms with Crippen LogP contribution in [0.4, 0.5) is 0 Å². The Balaban J connectivity index is 1.57. The lowest BCUT2D eigenvalue weighted by Gasteiger charge is -2.35. The molecule has 4 atom stereocenters. The van der Waals surface area contributed by atoms with E-state index in [2.05, 4.69) is 27.7 Å². The zero-order valence-electron chi connectivity index (χ0n) is 16.5. The molecule has 0 bridgehead atoms. The molecule has 0 unspecified atom stereocenters. The number of hydrogen-bond acceptors (Lipinski definition) is 2. The van der Waals surface area contributed by atoms with Gasteiger partial charge in [0.2, 0.25) is 11.8 Å². The number of rotatable bonds is 4. The summed E-state index contributed by atoms with van der Waals surface area (Å²) >= 11 is 23.2. The van der Waals surface area contributed by atoms with Gasteiger partial charge in [0.05, 0.1) is 11.8 Å². The van der Waals surface area contributed by atoms with Gasteiger partial charge in [-0.2, -0.15) is 0 Å². The van der Waals surface area contributed by atoms with Crippen molar-refractivity contribution in [3.8, 4) is 0 Å². The Morgan fingerprint density at radius 1 is 0.714 bits per heavy atom. The van der Waals surface area contributed by atoms with Crippen LogP contribution in [0.25, 0.3) is 0 Å². The normalized spacial score (nSPS) is 32.4. The Bertz CT molecular complexity index is 668. The van der Waals surface area contributed by atoms with E-state index in [1.807, 2.05) is 9.80 Å². The van der Waals surface area contributed by atoms with E-state index in [1.165, 1.54) is 0 Å². The van der Waals surface area contributed by atoms with Crippen LogP contribution in [0.5, 0.6) is 0 Å². The first-order chi connectivity index (χ1) is 12.9. The Morgan fingerprint density at radius 3 is 1.25 bits per heavy atom.